The number of imidazole rings is 2. The zero-order chi connectivity index (χ0) is 27.0. The van der Waals surface area contributed by atoms with Crippen LogP contribution in [0.4, 0.5) is 11.9 Å². The van der Waals surface area contributed by atoms with Crippen molar-refractivity contribution in [3.05, 3.63) is 33.4 Å². The van der Waals surface area contributed by atoms with Crippen LogP contribution in [-0.2, 0) is 15.2 Å². The summed E-state index contributed by atoms with van der Waals surface area (Å²) in [6.45, 7) is -1.25. The summed E-state index contributed by atoms with van der Waals surface area (Å²) in [5.41, 5.74) is 5.55. The zero-order valence-corrected chi connectivity index (χ0v) is 19.6. The van der Waals surface area contributed by atoms with E-state index in [0.717, 1.165) is 10.9 Å². The molecule has 0 unspecified atom stereocenters. The van der Waals surface area contributed by atoms with Gasteiger partial charge < -0.3 is 41.4 Å². The predicted octanol–water partition coefficient (Wildman–Crippen LogP) is -3.78. The first-order valence-corrected chi connectivity index (χ1v) is 11.5. The van der Waals surface area contributed by atoms with Crippen molar-refractivity contribution in [2.75, 3.05) is 24.7 Å². The van der Waals surface area contributed by atoms with Crippen molar-refractivity contribution in [2.24, 2.45) is 0 Å². The lowest BCUT2D eigenvalue weighted by Gasteiger charge is -2.46. The Morgan fingerprint density at radius 3 is 2.29 bits per heavy atom. The molecule has 6 atom stereocenters. The third-order valence-electron chi connectivity index (χ3n) is 7.16. The van der Waals surface area contributed by atoms with E-state index >= 15 is 0 Å². The lowest BCUT2D eigenvalue weighted by atomic mass is 9.79. The lowest BCUT2D eigenvalue weighted by Crippen LogP contribution is -2.65. The summed E-state index contributed by atoms with van der Waals surface area (Å²) in [6, 6.07) is 0. The Hall–Kier alpha value is -3.94. The highest BCUT2D eigenvalue weighted by Crippen LogP contribution is 2.53. The van der Waals surface area contributed by atoms with Crippen LogP contribution < -0.4 is 22.6 Å². The zero-order valence-electron chi connectivity index (χ0n) is 19.6. The summed E-state index contributed by atoms with van der Waals surface area (Å²) in [5, 5.41) is 43.9. The maximum Gasteiger partial charge on any atom is 0.280 e. The van der Waals surface area contributed by atoms with Crippen LogP contribution >= 0.6 is 0 Å². The number of hydrogen-bond donors (Lipinski definition) is 8. The van der Waals surface area contributed by atoms with E-state index in [1.54, 1.807) is 0 Å². The average Bonchev–Trinajstić information content (AvgIpc) is 3.62. The summed E-state index contributed by atoms with van der Waals surface area (Å²) in [6.07, 6.45) is -2.98. The van der Waals surface area contributed by atoms with Gasteiger partial charge >= 0.3 is 0 Å². The number of aromatic nitrogens is 8. The maximum atomic E-state index is 12.5. The summed E-state index contributed by atoms with van der Waals surface area (Å²) in [7, 11) is 0. The Balaban J connectivity index is 1.55. The van der Waals surface area contributed by atoms with Gasteiger partial charge in [0.25, 0.3) is 11.1 Å². The first kappa shape index (κ1) is 24.4. The number of aliphatic hydroxyl groups is 4. The molecule has 2 aliphatic rings. The molecular weight excluding hydrogens is 508 g/mol. The number of aromatic amines is 2. The van der Waals surface area contributed by atoms with Gasteiger partial charge in [-0.2, -0.15) is 9.97 Å². The molecule has 0 aromatic carbocycles. The third-order valence-corrected chi connectivity index (χ3v) is 7.16. The standard InChI is InChI=1S/C20H24N10O8/c21-17-25-13-11(15(34)27-17)23-5-29(13)10-2-19(36,9(4-32)37-10)20(8(33)1-7(3-31)38-20)30-6-24-12-14(30)26-18(22)28-16(12)35/h5-10,31-33,36H,1-4H2,(H3,21,25,27,34)(H3,22,26,28,35)/t7-,8+,9+,10+,19-,20-/m0/s1. The second-order valence-corrected chi connectivity index (χ2v) is 9.27. The maximum absolute atomic E-state index is 12.5. The molecule has 6 rings (SSSR count). The summed E-state index contributed by atoms with van der Waals surface area (Å²) in [4.78, 5) is 45.8. The Morgan fingerprint density at radius 1 is 1.03 bits per heavy atom. The number of hydrogen-bond acceptors (Lipinski definition) is 14. The highest BCUT2D eigenvalue weighted by molar-refractivity contribution is 5.71. The van der Waals surface area contributed by atoms with Crippen LogP contribution in [0.25, 0.3) is 22.3 Å². The van der Waals surface area contributed by atoms with Gasteiger partial charge in [-0.15, -0.1) is 0 Å². The number of nitrogen functional groups attached to an aromatic ring is 2. The Bertz CT molecular complexity index is 1660. The van der Waals surface area contributed by atoms with Crippen LogP contribution in [0.15, 0.2) is 22.2 Å². The number of anilines is 2. The van der Waals surface area contributed by atoms with E-state index < -0.39 is 60.2 Å². The van der Waals surface area contributed by atoms with Gasteiger partial charge in [0.05, 0.1) is 32.0 Å². The van der Waals surface area contributed by atoms with Gasteiger partial charge in [-0.05, 0) is 0 Å². The van der Waals surface area contributed by atoms with Gasteiger partial charge in [0.2, 0.25) is 17.6 Å². The fourth-order valence-electron chi connectivity index (χ4n) is 5.52. The lowest BCUT2D eigenvalue weighted by molar-refractivity contribution is -0.271. The molecule has 0 amide bonds. The highest BCUT2D eigenvalue weighted by Gasteiger charge is 2.69. The number of H-pyrrole nitrogens is 2. The molecule has 0 bridgehead atoms. The summed E-state index contributed by atoms with van der Waals surface area (Å²) < 4.78 is 14.6. The third kappa shape index (κ3) is 3.15. The summed E-state index contributed by atoms with van der Waals surface area (Å²) in [5.74, 6) is -0.428. The molecule has 2 saturated heterocycles. The highest BCUT2D eigenvalue weighted by atomic mass is 16.6. The number of nitrogens with one attached hydrogen (secondary N) is 2. The minimum Gasteiger partial charge on any atom is -0.394 e. The van der Waals surface area contributed by atoms with E-state index in [9.17, 15) is 30.0 Å². The molecule has 0 saturated carbocycles. The molecule has 0 spiro atoms. The van der Waals surface area contributed by atoms with Crippen molar-refractivity contribution in [2.45, 2.75) is 48.7 Å². The fraction of sp³-hybridized carbons (Fsp3) is 0.500. The molecule has 2 fully saturated rings. The first-order chi connectivity index (χ1) is 18.1. The van der Waals surface area contributed by atoms with E-state index in [2.05, 4.69) is 29.9 Å². The van der Waals surface area contributed by atoms with Crippen LogP contribution in [0.2, 0.25) is 0 Å². The Kier molecular flexibility index (Phi) is 5.32. The van der Waals surface area contributed by atoms with E-state index in [1.165, 1.54) is 10.9 Å². The number of ether oxygens (including phenoxy) is 2. The Labute approximate surface area is 210 Å². The van der Waals surface area contributed by atoms with Gasteiger partial charge in [-0.1, -0.05) is 0 Å². The molecule has 38 heavy (non-hydrogen) atoms. The molecule has 4 aromatic rings. The van der Waals surface area contributed by atoms with E-state index in [0.29, 0.717) is 0 Å². The molecule has 202 valence electrons. The predicted molar refractivity (Wildman–Crippen MR) is 126 cm³/mol. The quantitative estimate of drug-likeness (QED) is 0.122. The SMILES string of the molecule is Nc1nc2c(ncn2[C@H]2C[C@@](O)([C@@]3(n4cnc5c(=O)[nH]c(N)nc54)O[C@H](CO)C[C@H]3O)[C@@H](CO)O2)c(=O)[nH]1. The fourth-order valence-corrected chi connectivity index (χ4v) is 5.52. The van der Waals surface area contributed by atoms with Crippen molar-refractivity contribution in [3.63, 3.8) is 0 Å². The van der Waals surface area contributed by atoms with Gasteiger partial charge in [-0.3, -0.25) is 28.7 Å². The van der Waals surface area contributed by atoms with Crippen molar-refractivity contribution in [1.29, 1.82) is 0 Å². The average molecular weight is 532 g/mol. The second kappa shape index (κ2) is 8.28. The molecular formula is C20H24N10O8. The van der Waals surface area contributed by atoms with Crippen LogP contribution in [0.1, 0.15) is 19.1 Å². The molecule has 0 aliphatic carbocycles. The number of nitrogens with two attached hydrogens (primary N) is 2. The van der Waals surface area contributed by atoms with Crippen molar-refractivity contribution in [1.82, 2.24) is 39.0 Å². The number of rotatable bonds is 5. The summed E-state index contributed by atoms with van der Waals surface area (Å²) >= 11 is 0. The van der Waals surface area contributed by atoms with E-state index in [4.69, 9.17) is 20.9 Å². The largest absolute Gasteiger partial charge is 0.394 e. The van der Waals surface area contributed by atoms with Gasteiger partial charge in [0, 0.05) is 12.8 Å². The molecule has 6 heterocycles. The van der Waals surface area contributed by atoms with Crippen LogP contribution in [0.5, 0.6) is 0 Å². The molecule has 18 nitrogen and oxygen atoms in total. The van der Waals surface area contributed by atoms with Crippen molar-refractivity contribution < 1.29 is 29.9 Å². The normalized spacial score (nSPS) is 31.6. The van der Waals surface area contributed by atoms with Crippen LogP contribution in [0.3, 0.4) is 0 Å². The second-order valence-electron chi connectivity index (χ2n) is 9.27. The number of nitrogens with zero attached hydrogens (tertiary/aromatic N) is 6. The molecule has 4 aromatic heterocycles. The molecule has 2 aliphatic heterocycles. The van der Waals surface area contributed by atoms with Crippen LogP contribution in [-0.4, -0.2) is 96.6 Å². The van der Waals surface area contributed by atoms with E-state index in [1.807, 2.05) is 0 Å². The van der Waals surface area contributed by atoms with E-state index in [-0.39, 0.29) is 47.1 Å². The topological polar surface area (TPSA) is 279 Å². The van der Waals surface area contributed by atoms with Crippen molar-refractivity contribution >= 4 is 34.2 Å². The molecule has 10 N–H and O–H groups in total. The number of fused-ring (bicyclic) bond motifs is 2. The van der Waals surface area contributed by atoms with Gasteiger partial charge in [0.1, 0.15) is 24.0 Å². The van der Waals surface area contributed by atoms with Crippen molar-refractivity contribution in [3.8, 4) is 0 Å². The molecule has 0 radical (unpaired) electrons. The van der Waals surface area contributed by atoms with Crippen LogP contribution in [0, 0.1) is 0 Å². The number of aliphatic hydroxyl groups excluding tert-OH is 3. The smallest absolute Gasteiger partial charge is 0.280 e. The minimum atomic E-state index is -2.23. The molecule has 18 heteroatoms. The van der Waals surface area contributed by atoms with Gasteiger partial charge in [0.15, 0.2) is 22.3 Å². The minimum absolute atomic E-state index is 0.0366. The monoisotopic (exact) mass is 532 g/mol. The Morgan fingerprint density at radius 2 is 1.66 bits per heavy atom. The first-order valence-electron chi connectivity index (χ1n) is 11.5. The van der Waals surface area contributed by atoms with Gasteiger partial charge in [-0.25, -0.2) is 9.97 Å².